The average molecular weight is 328 g/mol. The van der Waals surface area contributed by atoms with Crippen LogP contribution in [0.2, 0.25) is 0 Å². The van der Waals surface area contributed by atoms with Crippen molar-refractivity contribution in [3.05, 3.63) is 29.0 Å². The standard InChI is InChI=1S/C13H20N4O2S2/c1-9(2)17-8-12(5-11(17)7-14-4)21(18,19)16-13-15-6-10(3)20-13/h5-6,8-9,14H,7H2,1-4H3,(H,15,16). The fourth-order valence-corrected chi connectivity index (χ4v) is 3.98. The Labute approximate surface area is 129 Å². The lowest BCUT2D eigenvalue weighted by Crippen LogP contribution is -2.12. The van der Waals surface area contributed by atoms with Gasteiger partial charge in [-0.3, -0.25) is 4.72 Å². The van der Waals surface area contributed by atoms with Gasteiger partial charge in [0.25, 0.3) is 10.0 Å². The predicted molar refractivity (Wildman–Crippen MR) is 85.2 cm³/mol. The average Bonchev–Trinajstić information content (AvgIpc) is 2.96. The van der Waals surface area contributed by atoms with Gasteiger partial charge in [0, 0.05) is 35.6 Å². The van der Waals surface area contributed by atoms with Gasteiger partial charge in [-0.1, -0.05) is 0 Å². The molecule has 8 heteroatoms. The van der Waals surface area contributed by atoms with E-state index in [9.17, 15) is 8.42 Å². The van der Waals surface area contributed by atoms with Crippen LogP contribution in [0, 0.1) is 6.92 Å². The van der Waals surface area contributed by atoms with Crippen LogP contribution in [0.4, 0.5) is 5.13 Å². The summed E-state index contributed by atoms with van der Waals surface area (Å²) in [6.45, 7) is 6.54. The van der Waals surface area contributed by atoms with Crippen LogP contribution in [0.5, 0.6) is 0 Å². The van der Waals surface area contributed by atoms with Gasteiger partial charge in [-0.25, -0.2) is 13.4 Å². The van der Waals surface area contributed by atoms with E-state index >= 15 is 0 Å². The maximum Gasteiger partial charge on any atom is 0.265 e. The van der Waals surface area contributed by atoms with Crippen molar-refractivity contribution in [1.82, 2.24) is 14.9 Å². The van der Waals surface area contributed by atoms with Crippen LogP contribution < -0.4 is 10.0 Å². The van der Waals surface area contributed by atoms with Gasteiger partial charge in [-0.15, -0.1) is 11.3 Å². The van der Waals surface area contributed by atoms with Gasteiger partial charge in [0.05, 0.1) is 0 Å². The van der Waals surface area contributed by atoms with Crippen LogP contribution in [0.15, 0.2) is 23.4 Å². The van der Waals surface area contributed by atoms with E-state index in [1.807, 2.05) is 32.4 Å². The second-order valence-corrected chi connectivity index (χ2v) is 8.00. The number of rotatable bonds is 6. The van der Waals surface area contributed by atoms with Crippen molar-refractivity contribution in [3.8, 4) is 0 Å². The SMILES string of the molecule is CNCc1cc(S(=O)(=O)Nc2ncc(C)s2)cn1C(C)C. The molecule has 0 saturated carbocycles. The van der Waals surface area contributed by atoms with Crippen molar-refractivity contribution < 1.29 is 8.42 Å². The fraction of sp³-hybridized carbons (Fsp3) is 0.462. The van der Waals surface area contributed by atoms with Gasteiger partial charge in [-0.2, -0.15) is 0 Å². The smallest absolute Gasteiger partial charge is 0.265 e. The number of thiazole rings is 1. The molecule has 6 nitrogen and oxygen atoms in total. The van der Waals surface area contributed by atoms with Gasteiger partial charge < -0.3 is 9.88 Å². The molecule has 0 amide bonds. The monoisotopic (exact) mass is 328 g/mol. The summed E-state index contributed by atoms with van der Waals surface area (Å²) in [6.07, 6.45) is 3.31. The van der Waals surface area contributed by atoms with E-state index in [0.717, 1.165) is 10.6 Å². The Morgan fingerprint density at radius 3 is 2.67 bits per heavy atom. The van der Waals surface area contributed by atoms with Crippen LogP contribution in [-0.2, 0) is 16.6 Å². The highest BCUT2D eigenvalue weighted by Crippen LogP contribution is 2.23. The van der Waals surface area contributed by atoms with Crippen LogP contribution in [0.3, 0.4) is 0 Å². The molecule has 0 aromatic carbocycles. The Morgan fingerprint density at radius 1 is 1.43 bits per heavy atom. The first-order valence-corrected chi connectivity index (χ1v) is 8.94. The van der Waals surface area contributed by atoms with Crippen LogP contribution in [0.25, 0.3) is 0 Å². The fourth-order valence-electron chi connectivity index (χ4n) is 2.02. The third kappa shape index (κ3) is 3.63. The molecular formula is C13H20N4O2S2. The van der Waals surface area contributed by atoms with E-state index in [2.05, 4.69) is 15.0 Å². The lowest BCUT2D eigenvalue weighted by Gasteiger charge is -2.11. The van der Waals surface area contributed by atoms with Gasteiger partial charge in [0.1, 0.15) is 4.90 Å². The number of anilines is 1. The number of aryl methyl sites for hydroxylation is 1. The molecule has 0 unspecified atom stereocenters. The molecule has 0 saturated heterocycles. The first kappa shape index (κ1) is 16.0. The molecule has 0 fully saturated rings. The highest BCUT2D eigenvalue weighted by molar-refractivity contribution is 7.93. The molecule has 2 aromatic rings. The Hall–Kier alpha value is -1.38. The number of nitrogens with zero attached hydrogens (tertiary/aromatic N) is 2. The quantitative estimate of drug-likeness (QED) is 0.853. The topological polar surface area (TPSA) is 76.0 Å². The van der Waals surface area contributed by atoms with E-state index in [-0.39, 0.29) is 10.9 Å². The Kier molecular flexibility index (Phi) is 4.70. The minimum atomic E-state index is -3.60. The van der Waals surface area contributed by atoms with Gasteiger partial charge in [0.2, 0.25) is 0 Å². The number of sulfonamides is 1. The lowest BCUT2D eigenvalue weighted by molar-refractivity contribution is 0.562. The molecule has 2 heterocycles. The summed E-state index contributed by atoms with van der Waals surface area (Å²) in [5, 5.41) is 3.44. The van der Waals surface area contributed by atoms with E-state index in [1.165, 1.54) is 11.3 Å². The second-order valence-electron chi connectivity index (χ2n) is 5.08. The molecule has 0 atom stereocenters. The summed E-state index contributed by atoms with van der Waals surface area (Å²) in [7, 11) is -1.77. The summed E-state index contributed by atoms with van der Waals surface area (Å²) >= 11 is 1.32. The molecule has 0 spiro atoms. The van der Waals surface area contributed by atoms with E-state index in [1.54, 1.807) is 18.5 Å². The van der Waals surface area contributed by atoms with Crippen LogP contribution in [0.1, 0.15) is 30.5 Å². The number of nitrogens with one attached hydrogen (secondary N) is 2. The molecule has 2 N–H and O–H groups in total. The second kappa shape index (κ2) is 6.17. The summed E-state index contributed by atoms with van der Waals surface area (Å²) in [5.74, 6) is 0. The third-order valence-corrected chi connectivity index (χ3v) is 5.24. The van der Waals surface area contributed by atoms with E-state index in [4.69, 9.17) is 0 Å². The number of hydrogen-bond acceptors (Lipinski definition) is 5. The van der Waals surface area contributed by atoms with Crippen LogP contribution >= 0.6 is 11.3 Å². The predicted octanol–water partition coefficient (Wildman–Crippen LogP) is 2.35. The van der Waals surface area contributed by atoms with Crippen molar-refractivity contribution in [2.75, 3.05) is 11.8 Å². The first-order valence-electron chi connectivity index (χ1n) is 6.64. The van der Waals surface area contributed by atoms with Crippen LogP contribution in [-0.4, -0.2) is 25.0 Å². The lowest BCUT2D eigenvalue weighted by atomic mass is 10.3. The molecule has 2 rings (SSSR count). The molecule has 0 aliphatic carbocycles. The minimum absolute atomic E-state index is 0.194. The van der Waals surface area contributed by atoms with Crippen molar-refractivity contribution in [3.63, 3.8) is 0 Å². The summed E-state index contributed by atoms with van der Waals surface area (Å²) in [6, 6.07) is 1.89. The maximum absolute atomic E-state index is 12.4. The van der Waals surface area contributed by atoms with Gasteiger partial charge >= 0.3 is 0 Å². The molecule has 116 valence electrons. The zero-order valence-corrected chi connectivity index (χ0v) is 14.2. The number of aromatic nitrogens is 2. The minimum Gasteiger partial charge on any atom is -0.346 e. The van der Waals surface area contributed by atoms with Crippen molar-refractivity contribution in [2.45, 2.75) is 38.3 Å². The van der Waals surface area contributed by atoms with Crippen molar-refractivity contribution in [1.29, 1.82) is 0 Å². The summed E-state index contributed by atoms with van der Waals surface area (Å²) in [5.41, 5.74) is 0.934. The van der Waals surface area contributed by atoms with E-state index in [0.29, 0.717) is 11.7 Å². The largest absolute Gasteiger partial charge is 0.346 e. The Bertz CT molecular complexity index is 716. The normalized spacial score (nSPS) is 12.0. The third-order valence-electron chi connectivity index (χ3n) is 2.97. The van der Waals surface area contributed by atoms with Crippen molar-refractivity contribution in [2.24, 2.45) is 0 Å². The first-order chi connectivity index (χ1) is 9.83. The Balaban J connectivity index is 2.33. The highest BCUT2D eigenvalue weighted by Gasteiger charge is 2.20. The number of hydrogen-bond donors (Lipinski definition) is 2. The van der Waals surface area contributed by atoms with Gasteiger partial charge in [-0.05, 0) is 33.9 Å². The molecule has 2 aromatic heterocycles. The molecule has 0 aliphatic rings. The molecule has 0 radical (unpaired) electrons. The van der Waals surface area contributed by atoms with Crippen molar-refractivity contribution >= 4 is 26.5 Å². The summed E-state index contributed by atoms with van der Waals surface area (Å²) in [4.78, 5) is 5.26. The molecule has 21 heavy (non-hydrogen) atoms. The molecule has 0 bridgehead atoms. The molecule has 0 aliphatic heterocycles. The zero-order chi connectivity index (χ0) is 15.6. The molecular weight excluding hydrogens is 308 g/mol. The highest BCUT2D eigenvalue weighted by atomic mass is 32.2. The van der Waals surface area contributed by atoms with E-state index < -0.39 is 10.0 Å². The maximum atomic E-state index is 12.4. The van der Waals surface area contributed by atoms with Gasteiger partial charge in [0.15, 0.2) is 5.13 Å². The Morgan fingerprint density at radius 2 is 2.14 bits per heavy atom. The zero-order valence-electron chi connectivity index (χ0n) is 12.5. The summed E-state index contributed by atoms with van der Waals surface area (Å²) < 4.78 is 29.3.